The smallest absolute Gasteiger partial charge is 0.274 e. The zero-order chi connectivity index (χ0) is 28.6. The third-order valence-corrected chi connectivity index (χ3v) is 7.72. The van der Waals surface area contributed by atoms with Crippen LogP contribution < -0.4 is 26.7 Å². The molecule has 2 atom stereocenters. The molecule has 0 bridgehead atoms. The van der Waals surface area contributed by atoms with Crippen LogP contribution in [0.1, 0.15) is 35.2 Å². The number of hydrogen-bond donors (Lipinski definition) is 6. The molecule has 1 aliphatic heterocycles. The van der Waals surface area contributed by atoms with Gasteiger partial charge >= 0.3 is 0 Å². The van der Waals surface area contributed by atoms with E-state index in [9.17, 15) is 14.7 Å². The molecule has 2 unspecified atom stereocenters. The van der Waals surface area contributed by atoms with Gasteiger partial charge in [-0.25, -0.2) is 15.4 Å². The molecule has 0 radical (unpaired) electrons. The monoisotopic (exact) mass is 592 g/mol. The Bertz CT molecular complexity index is 1480. The van der Waals surface area contributed by atoms with Gasteiger partial charge in [-0.1, -0.05) is 42.5 Å². The molecule has 2 amide bonds. The number of nitrogens with zero attached hydrogens (tertiary/aromatic N) is 4. The summed E-state index contributed by atoms with van der Waals surface area (Å²) in [6.07, 6.45) is 2.42. The van der Waals surface area contributed by atoms with E-state index in [-0.39, 0.29) is 11.8 Å². The number of nitrogens with one attached hydrogen (secondary N) is 4. The van der Waals surface area contributed by atoms with Crippen LogP contribution in [0.3, 0.4) is 0 Å². The number of amides is 2. The number of aliphatic hydroxyl groups excluding tert-OH is 1. The average Bonchev–Trinajstić information content (AvgIpc) is 3.77. The predicted octanol–water partition coefficient (Wildman–Crippen LogP) is 3.20. The highest BCUT2D eigenvalue weighted by atomic mass is 32.1. The summed E-state index contributed by atoms with van der Waals surface area (Å²) >= 11 is 2.71. The van der Waals surface area contributed by atoms with Gasteiger partial charge in [-0.2, -0.15) is 15.6 Å². The molecule has 3 heterocycles. The number of hydrazone groups is 1. The van der Waals surface area contributed by atoms with Gasteiger partial charge in [0, 0.05) is 40.2 Å². The highest BCUT2D eigenvalue weighted by Crippen LogP contribution is 2.31. The second-order valence-electron chi connectivity index (χ2n) is 9.03. The third kappa shape index (κ3) is 7.00. The van der Waals surface area contributed by atoms with Crippen molar-refractivity contribution in [3.63, 3.8) is 0 Å². The molecule has 6 N–H and O–H groups in total. The number of carbonyl (C=O) groups is 2. The van der Waals surface area contributed by atoms with Crippen molar-refractivity contribution in [3.8, 4) is 11.3 Å². The lowest BCUT2D eigenvalue weighted by Crippen LogP contribution is -2.46. The van der Waals surface area contributed by atoms with Gasteiger partial charge in [-0.15, -0.1) is 22.7 Å². The van der Waals surface area contributed by atoms with Crippen LogP contribution in [0.5, 0.6) is 0 Å². The minimum absolute atomic E-state index is 0.202. The maximum absolute atomic E-state index is 13.5. The second kappa shape index (κ2) is 13.5. The van der Waals surface area contributed by atoms with Crippen molar-refractivity contribution >= 4 is 50.5 Å². The van der Waals surface area contributed by atoms with E-state index in [0.717, 1.165) is 11.1 Å². The molecule has 0 fully saturated rings. The van der Waals surface area contributed by atoms with Crippen molar-refractivity contribution in [1.29, 1.82) is 0 Å². The Hall–Kier alpha value is -4.05. The topological polar surface area (TPSA) is 164 Å². The Morgan fingerprint density at radius 3 is 2.59 bits per heavy atom. The van der Waals surface area contributed by atoms with E-state index < -0.39 is 12.3 Å². The largest absolute Gasteiger partial charge is 0.377 e. The molecule has 2 aromatic carbocycles. The number of aliphatic hydroxyl groups is 1. The molecule has 12 nitrogen and oxygen atoms in total. The van der Waals surface area contributed by atoms with E-state index in [1.165, 1.54) is 27.7 Å². The fourth-order valence-electron chi connectivity index (χ4n) is 4.09. The Morgan fingerprint density at radius 1 is 1.05 bits per heavy atom. The summed E-state index contributed by atoms with van der Waals surface area (Å²) in [5, 5.41) is 31.4. The zero-order valence-corrected chi connectivity index (χ0v) is 23.4. The van der Waals surface area contributed by atoms with Crippen molar-refractivity contribution < 1.29 is 19.9 Å². The van der Waals surface area contributed by atoms with Gasteiger partial charge in [0.25, 0.3) is 11.8 Å². The zero-order valence-electron chi connectivity index (χ0n) is 21.7. The minimum atomic E-state index is -0.963. The van der Waals surface area contributed by atoms with Gasteiger partial charge in [0.1, 0.15) is 6.23 Å². The first-order valence-electron chi connectivity index (χ1n) is 12.8. The van der Waals surface area contributed by atoms with Gasteiger partial charge in [-0.05, 0) is 31.4 Å². The van der Waals surface area contributed by atoms with Crippen molar-refractivity contribution in [2.75, 3.05) is 17.0 Å². The van der Waals surface area contributed by atoms with Crippen LogP contribution in [0.2, 0.25) is 0 Å². The summed E-state index contributed by atoms with van der Waals surface area (Å²) in [6, 6.07) is 15.8. The van der Waals surface area contributed by atoms with Crippen LogP contribution >= 0.6 is 22.7 Å². The first-order chi connectivity index (χ1) is 20.0. The van der Waals surface area contributed by atoms with E-state index in [2.05, 4.69) is 31.2 Å². The molecule has 2 aromatic heterocycles. The van der Waals surface area contributed by atoms with E-state index in [4.69, 9.17) is 5.21 Å². The van der Waals surface area contributed by atoms with Gasteiger partial charge in [0.2, 0.25) is 5.13 Å². The minimum Gasteiger partial charge on any atom is -0.377 e. The Labute approximate surface area is 243 Å². The van der Waals surface area contributed by atoms with Crippen molar-refractivity contribution in [3.05, 3.63) is 82.7 Å². The third-order valence-electron chi connectivity index (χ3n) is 6.22. The van der Waals surface area contributed by atoms with Gasteiger partial charge in [-0.3, -0.25) is 15.0 Å². The molecule has 41 heavy (non-hydrogen) atoms. The number of hydrazine groups is 1. The lowest BCUT2D eigenvalue weighted by atomic mass is 10.0. The standard InChI is InChI=1S/C27H28N8O4S2/c36-21(34-39)8-4-5-13-28-24(37)19-11-9-17(10-12-19)20-16-41-27(30-20)35-25(38)23(31-32-26-29-14-15-40-26)22(33-35)18-6-2-1-3-7-18/h1-3,6-7,9-12,14-16,21,23,31,34,36,39H,4-5,8,13H2,(H,28,37)(H,29,32). The fourth-order valence-corrected chi connectivity index (χ4v) is 5.37. The van der Waals surface area contributed by atoms with Crippen LogP contribution in [0.15, 0.2) is 76.7 Å². The maximum atomic E-state index is 13.5. The Kier molecular flexibility index (Phi) is 9.40. The number of hydroxylamine groups is 1. The number of anilines is 2. The van der Waals surface area contributed by atoms with Gasteiger partial charge < -0.3 is 15.6 Å². The summed E-state index contributed by atoms with van der Waals surface area (Å²) in [6.45, 7) is 0.457. The number of aromatic nitrogens is 2. The highest BCUT2D eigenvalue weighted by molar-refractivity contribution is 7.14. The molecule has 0 saturated carbocycles. The maximum Gasteiger partial charge on any atom is 0.274 e. The van der Waals surface area contributed by atoms with Crippen molar-refractivity contribution in [2.45, 2.75) is 31.5 Å². The first-order valence-corrected chi connectivity index (χ1v) is 14.6. The van der Waals surface area contributed by atoms with Crippen LogP contribution in [-0.4, -0.2) is 56.6 Å². The fraction of sp³-hybridized carbons (Fsp3) is 0.222. The molecule has 212 valence electrons. The normalized spacial score (nSPS) is 15.6. The summed E-state index contributed by atoms with van der Waals surface area (Å²) in [5.74, 6) is -0.477. The quantitative estimate of drug-likeness (QED) is 0.0777. The molecule has 1 aliphatic rings. The summed E-state index contributed by atoms with van der Waals surface area (Å²) < 4.78 is 0. The SMILES string of the molecule is O=C(NCCCCC(O)NO)c1ccc(-c2csc(N3N=C(c4ccccc4)C(NNc4nccs4)C3=O)n2)cc1. The highest BCUT2D eigenvalue weighted by Gasteiger charge is 2.39. The summed E-state index contributed by atoms with van der Waals surface area (Å²) in [7, 11) is 0. The number of rotatable bonds is 13. The molecule has 0 saturated heterocycles. The second-order valence-corrected chi connectivity index (χ2v) is 10.8. The number of benzene rings is 2. The number of carbonyl (C=O) groups excluding carboxylic acids is 2. The van der Waals surface area contributed by atoms with E-state index in [0.29, 0.717) is 53.0 Å². The molecule has 0 spiro atoms. The van der Waals surface area contributed by atoms with Crippen LogP contribution in [0.25, 0.3) is 11.3 Å². The Balaban J connectivity index is 1.25. The van der Waals surface area contributed by atoms with Crippen LogP contribution in [-0.2, 0) is 4.79 Å². The molecule has 5 rings (SSSR count). The summed E-state index contributed by atoms with van der Waals surface area (Å²) in [4.78, 5) is 34.8. The van der Waals surface area contributed by atoms with E-state index in [1.807, 2.05) is 53.2 Å². The van der Waals surface area contributed by atoms with Crippen LogP contribution in [0.4, 0.5) is 10.3 Å². The average molecular weight is 593 g/mol. The van der Waals surface area contributed by atoms with Gasteiger partial charge in [0.05, 0.1) is 11.4 Å². The van der Waals surface area contributed by atoms with Gasteiger partial charge in [0.15, 0.2) is 11.2 Å². The molecule has 4 aromatic rings. The number of hydrogen-bond acceptors (Lipinski definition) is 12. The summed E-state index contributed by atoms with van der Waals surface area (Å²) in [5.41, 5.74) is 11.2. The first kappa shape index (κ1) is 28.5. The molecular formula is C27H28N8O4S2. The van der Waals surface area contributed by atoms with Crippen LogP contribution in [0, 0.1) is 0 Å². The lowest BCUT2D eigenvalue weighted by Gasteiger charge is -2.14. The molecule has 14 heteroatoms. The lowest BCUT2D eigenvalue weighted by molar-refractivity contribution is -0.118. The molecule has 0 aliphatic carbocycles. The van der Waals surface area contributed by atoms with Crippen molar-refractivity contribution in [2.24, 2.45) is 5.10 Å². The van der Waals surface area contributed by atoms with Crippen molar-refractivity contribution in [1.82, 2.24) is 26.2 Å². The molecular weight excluding hydrogens is 564 g/mol. The number of thiazole rings is 2. The predicted molar refractivity (Wildman–Crippen MR) is 158 cm³/mol. The van der Waals surface area contributed by atoms with E-state index >= 15 is 0 Å². The van der Waals surface area contributed by atoms with E-state index in [1.54, 1.807) is 23.8 Å². The Morgan fingerprint density at radius 2 is 1.85 bits per heavy atom. The number of unbranched alkanes of at least 4 members (excludes halogenated alkanes) is 1.